The number of aromatic nitrogens is 1. The molecule has 0 unspecified atom stereocenters. The maximum atomic E-state index is 12.9. The number of carbonyl (C=O) groups excluding carboxylic acids is 1. The van der Waals surface area contributed by atoms with Gasteiger partial charge in [-0.3, -0.25) is 4.79 Å². The molecule has 1 aromatic heterocycles. The third kappa shape index (κ3) is 5.73. The molecule has 0 bridgehead atoms. The Balaban J connectivity index is 1.61. The molecule has 1 heterocycles. The first-order valence-corrected chi connectivity index (χ1v) is 10.4. The highest BCUT2D eigenvalue weighted by molar-refractivity contribution is 7.15. The zero-order valence-electron chi connectivity index (χ0n) is 16.0. The van der Waals surface area contributed by atoms with E-state index in [2.05, 4.69) is 15.6 Å². The van der Waals surface area contributed by atoms with Crippen LogP contribution in [0.5, 0.6) is 0 Å². The van der Waals surface area contributed by atoms with Crippen LogP contribution in [-0.4, -0.2) is 17.4 Å². The number of anilines is 2. The van der Waals surface area contributed by atoms with Gasteiger partial charge in [-0.15, -0.1) is 11.3 Å². The van der Waals surface area contributed by atoms with Gasteiger partial charge in [-0.05, 0) is 41.8 Å². The number of amides is 1. The Hall–Kier alpha value is -2.58. The molecule has 158 valence electrons. The van der Waals surface area contributed by atoms with Crippen LogP contribution < -0.4 is 10.6 Å². The summed E-state index contributed by atoms with van der Waals surface area (Å²) in [5, 5.41) is 6.43. The topological polar surface area (TPSA) is 54.0 Å². The van der Waals surface area contributed by atoms with Crippen LogP contribution in [0.3, 0.4) is 0 Å². The molecule has 0 radical (unpaired) electrons. The fourth-order valence-corrected chi connectivity index (χ4v) is 3.90. The highest BCUT2D eigenvalue weighted by Crippen LogP contribution is 2.33. The SMILES string of the molecule is CCc1ccccc1NCC(=O)Nc1ncc(Cc2cc(C(F)(F)F)ccc2Cl)s1. The summed E-state index contributed by atoms with van der Waals surface area (Å²) in [7, 11) is 0. The van der Waals surface area contributed by atoms with Crippen LogP contribution in [0.2, 0.25) is 5.02 Å². The minimum absolute atomic E-state index is 0.0748. The van der Waals surface area contributed by atoms with Gasteiger partial charge in [0.2, 0.25) is 5.91 Å². The van der Waals surface area contributed by atoms with Crippen molar-refractivity contribution in [3.05, 3.63) is 75.3 Å². The number of rotatable bonds is 7. The molecule has 0 saturated heterocycles. The van der Waals surface area contributed by atoms with Crippen LogP contribution in [0.1, 0.15) is 28.5 Å². The summed E-state index contributed by atoms with van der Waals surface area (Å²) in [4.78, 5) is 17.0. The maximum Gasteiger partial charge on any atom is 0.416 e. The normalized spacial score (nSPS) is 11.4. The van der Waals surface area contributed by atoms with E-state index in [0.717, 1.165) is 29.8 Å². The minimum atomic E-state index is -4.43. The Morgan fingerprint density at radius 2 is 1.93 bits per heavy atom. The van der Waals surface area contributed by atoms with Gasteiger partial charge in [0, 0.05) is 28.2 Å². The number of alkyl halides is 3. The van der Waals surface area contributed by atoms with Gasteiger partial charge < -0.3 is 10.6 Å². The Bertz CT molecular complexity index is 1040. The fourth-order valence-electron chi connectivity index (χ4n) is 2.86. The first-order valence-electron chi connectivity index (χ1n) is 9.18. The molecule has 0 aliphatic heterocycles. The summed E-state index contributed by atoms with van der Waals surface area (Å²) in [5.41, 5.74) is 1.61. The Kier molecular flexibility index (Phi) is 6.99. The third-order valence-electron chi connectivity index (χ3n) is 4.38. The molecule has 0 atom stereocenters. The fraction of sp³-hybridized carbons (Fsp3) is 0.238. The van der Waals surface area contributed by atoms with Crippen LogP contribution in [0.25, 0.3) is 0 Å². The first-order chi connectivity index (χ1) is 14.3. The van der Waals surface area contributed by atoms with Crippen molar-refractivity contribution in [2.75, 3.05) is 17.2 Å². The Morgan fingerprint density at radius 1 is 1.17 bits per heavy atom. The number of hydrogen-bond donors (Lipinski definition) is 2. The zero-order chi connectivity index (χ0) is 21.7. The number of carbonyl (C=O) groups is 1. The molecule has 0 fully saturated rings. The summed E-state index contributed by atoms with van der Waals surface area (Å²) in [5.74, 6) is -0.265. The van der Waals surface area contributed by atoms with Gasteiger partial charge in [0.1, 0.15) is 0 Å². The van der Waals surface area contributed by atoms with Gasteiger partial charge >= 0.3 is 6.18 Å². The van der Waals surface area contributed by atoms with E-state index in [0.29, 0.717) is 15.6 Å². The second kappa shape index (κ2) is 9.49. The third-order valence-corrected chi connectivity index (χ3v) is 5.66. The van der Waals surface area contributed by atoms with Crippen LogP contribution in [0.4, 0.5) is 24.0 Å². The molecule has 9 heteroatoms. The lowest BCUT2D eigenvalue weighted by Crippen LogP contribution is -2.22. The summed E-state index contributed by atoms with van der Waals surface area (Å²) in [6.07, 6.45) is -1.87. The van der Waals surface area contributed by atoms with E-state index in [1.54, 1.807) is 0 Å². The largest absolute Gasteiger partial charge is 0.416 e. The minimum Gasteiger partial charge on any atom is -0.376 e. The predicted molar refractivity (Wildman–Crippen MR) is 114 cm³/mol. The molecule has 0 aliphatic carbocycles. The number of halogens is 4. The van der Waals surface area contributed by atoms with Crippen molar-refractivity contribution < 1.29 is 18.0 Å². The first kappa shape index (κ1) is 22.1. The van der Waals surface area contributed by atoms with Crippen molar-refractivity contribution in [2.24, 2.45) is 0 Å². The average Bonchev–Trinajstić information content (AvgIpc) is 3.14. The van der Waals surface area contributed by atoms with E-state index in [1.807, 2.05) is 31.2 Å². The standard InChI is InChI=1S/C21H19ClF3N3OS/c1-2-13-5-3-4-6-18(13)26-12-19(29)28-20-27-11-16(30-20)10-14-9-15(21(23,24)25)7-8-17(14)22/h3-9,11,26H,2,10,12H2,1H3,(H,27,28,29). The molecule has 2 N–H and O–H groups in total. The summed E-state index contributed by atoms with van der Waals surface area (Å²) in [6.45, 7) is 2.11. The van der Waals surface area contributed by atoms with E-state index in [-0.39, 0.29) is 23.9 Å². The molecule has 4 nitrogen and oxygen atoms in total. The molecule has 0 aliphatic rings. The van der Waals surface area contributed by atoms with Gasteiger partial charge in [-0.25, -0.2) is 4.98 Å². The van der Waals surface area contributed by atoms with Crippen molar-refractivity contribution in [1.29, 1.82) is 0 Å². The Morgan fingerprint density at radius 3 is 2.67 bits per heavy atom. The molecular formula is C21H19ClF3N3OS. The number of nitrogens with one attached hydrogen (secondary N) is 2. The monoisotopic (exact) mass is 453 g/mol. The number of aryl methyl sites for hydroxylation is 1. The van der Waals surface area contributed by atoms with Gasteiger partial charge in [0.05, 0.1) is 12.1 Å². The van der Waals surface area contributed by atoms with E-state index in [4.69, 9.17) is 11.6 Å². The highest BCUT2D eigenvalue weighted by Gasteiger charge is 2.30. The Labute approximate surface area is 181 Å². The van der Waals surface area contributed by atoms with Crippen molar-refractivity contribution in [1.82, 2.24) is 4.98 Å². The second-order valence-corrected chi connectivity index (χ2v) is 8.05. The molecule has 1 amide bonds. The van der Waals surface area contributed by atoms with Crippen LogP contribution in [0.15, 0.2) is 48.7 Å². The van der Waals surface area contributed by atoms with Crippen molar-refractivity contribution in [2.45, 2.75) is 25.9 Å². The lowest BCUT2D eigenvalue weighted by molar-refractivity contribution is -0.137. The molecule has 0 spiro atoms. The zero-order valence-corrected chi connectivity index (χ0v) is 17.6. The average molecular weight is 454 g/mol. The van der Waals surface area contributed by atoms with E-state index in [9.17, 15) is 18.0 Å². The van der Waals surface area contributed by atoms with Crippen molar-refractivity contribution >= 4 is 39.7 Å². The summed E-state index contributed by atoms with van der Waals surface area (Å²) >= 11 is 7.25. The predicted octanol–water partition coefficient (Wildman–Crippen LogP) is 6.02. The summed E-state index contributed by atoms with van der Waals surface area (Å²) in [6, 6.07) is 11.0. The van der Waals surface area contributed by atoms with Crippen LogP contribution in [0, 0.1) is 0 Å². The van der Waals surface area contributed by atoms with Crippen LogP contribution >= 0.6 is 22.9 Å². The molecular weight excluding hydrogens is 435 g/mol. The number of thiazole rings is 1. The lowest BCUT2D eigenvalue weighted by Gasteiger charge is -2.10. The lowest BCUT2D eigenvalue weighted by atomic mass is 10.1. The van der Waals surface area contributed by atoms with Crippen molar-refractivity contribution in [3.8, 4) is 0 Å². The van der Waals surface area contributed by atoms with E-state index < -0.39 is 11.7 Å². The molecule has 3 rings (SSSR count). The molecule has 30 heavy (non-hydrogen) atoms. The molecule has 0 saturated carbocycles. The second-order valence-electron chi connectivity index (χ2n) is 6.52. The quantitative estimate of drug-likeness (QED) is 0.460. The molecule has 3 aromatic rings. The van der Waals surface area contributed by atoms with Gasteiger partial charge in [0.15, 0.2) is 5.13 Å². The van der Waals surface area contributed by atoms with Gasteiger partial charge in [-0.2, -0.15) is 13.2 Å². The van der Waals surface area contributed by atoms with Crippen LogP contribution in [-0.2, 0) is 23.8 Å². The number of benzene rings is 2. The van der Waals surface area contributed by atoms with E-state index in [1.165, 1.54) is 23.6 Å². The summed E-state index contributed by atoms with van der Waals surface area (Å²) < 4.78 is 38.8. The van der Waals surface area contributed by atoms with E-state index >= 15 is 0 Å². The highest BCUT2D eigenvalue weighted by atomic mass is 35.5. The van der Waals surface area contributed by atoms with Gasteiger partial charge in [0.25, 0.3) is 0 Å². The van der Waals surface area contributed by atoms with Gasteiger partial charge in [-0.1, -0.05) is 36.7 Å². The number of nitrogens with zero attached hydrogens (tertiary/aromatic N) is 1. The number of para-hydroxylation sites is 1. The maximum absolute atomic E-state index is 12.9. The van der Waals surface area contributed by atoms with Crippen molar-refractivity contribution in [3.63, 3.8) is 0 Å². The molecule has 2 aromatic carbocycles. The smallest absolute Gasteiger partial charge is 0.376 e. The number of hydrogen-bond acceptors (Lipinski definition) is 4.